The van der Waals surface area contributed by atoms with E-state index in [1.807, 2.05) is 12.1 Å². The van der Waals surface area contributed by atoms with Gasteiger partial charge in [-0.1, -0.05) is 26.0 Å². The number of rotatable bonds is 8. The number of hydrogen-bond donors (Lipinski definition) is 0. The number of carbonyl (C=O) groups excluding carboxylic acids is 1. The van der Waals surface area contributed by atoms with Crippen molar-refractivity contribution < 1.29 is 4.79 Å². The van der Waals surface area contributed by atoms with E-state index in [0.717, 1.165) is 57.5 Å². The summed E-state index contributed by atoms with van der Waals surface area (Å²) >= 11 is 0. The van der Waals surface area contributed by atoms with Crippen molar-refractivity contribution in [2.75, 3.05) is 45.8 Å². The molecular formula is C22H35N3O. The summed E-state index contributed by atoms with van der Waals surface area (Å²) in [6, 6.07) is 8.75. The fourth-order valence-corrected chi connectivity index (χ4v) is 4.36. The van der Waals surface area contributed by atoms with E-state index in [-0.39, 0.29) is 5.91 Å². The van der Waals surface area contributed by atoms with E-state index in [1.165, 1.54) is 31.5 Å². The lowest BCUT2D eigenvalue weighted by molar-refractivity contribution is 0.0709. The van der Waals surface area contributed by atoms with E-state index in [0.29, 0.717) is 6.04 Å². The lowest BCUT2D eigenvalue weighted by atomic mass is 10.1. The SMILES string of the molecule is CCN(CC)CCc1ccc(C(=O)N2CCC[C@H]2CN2CCCC2)cc1. The highest BCUT2D eigenvalue weighted by atomic mass is 16.2. The lowest BCUT2D eigenvalue weighted by Crippen LogP contribution is -2.42. The van der Waals surface area contributed by atoms with Gasteiger partial charge >= 0.3 is 0 Å². The van der Waals surface area contributed by atoms with Crippen molar-refractivity contribution in [1.82, 2.24) is 14.7 Å². The van der Waals surface area contributed by atoms with Crippen LogP contribution in [-0.2, 0) is 6.42 Å². The zero-order valence-corrected chi connectivity index (χ0v) is 16.6. The highest BCUT2D eigenvalue weighted by molar-refractivity contribution is 5.94. The molecule has 2 aliphatic rings. The molecule has 0 N–H and O–H groups in total. The first-order valence-electron chi connectivity index (χ1n) is 10.6. The second-order valence-corrected chi connectivity index (χ2v) is 7.78. The van der Waals surface area contributed by atoms with Crippen LogP contribution in [0.3, 0.4) is 0 Å². The summed E-state index contributed by atoms with van der Waals surface area (Å²) in [6.45, 7) is 12.1. The summed E-state index contributed by atoms with van der Waals surface area (Å²) in [4.78, 5) is 20.1. The topological polar surface area (TPSA) is 26.8 Å². The number of hydrogen-bond acceptors (Lipinski definition) is 3. The van der Waals surface area contributed by atoms with Crippen molar-refractivity contribution in [3.63, 3.8) is 0 Å². The van der Waals surface area contributed by atoms with Gasteiger partial charge in [0.1, 0.15) is 0 Å². The first kappa shape index (κ1) is 19.4. The van der Waals surface area contributed by atoms with Gasteiger partial charge in [-0.05, 0) is 76.0 Å². The van der Waals surface area contributed by atoms with Gasteiger partial charge in [0, 0.05) is 31.2 Å². The molecule has 26 heavy (non-hydrogen) atoms. The van der Waals surface area contributed by atoms with E-state index in [9.17, 15) is 4.79 Å². The molecule has 3 rings (SSSR count). The maximum atomic E-state index is 13.0. The minimum atomic E-state index is 0.224. The monoisotopic (exact) mass is 357 g/mol. The van der Waals surface area contributed by atoms with Crippen LogP contribution in [0.25, 0.3) is 0 Å². The van der Waals surface area contributed by atoms with Crippen LogP contribution < -0.4 is 0 Å². The Morgan fingerprint density at radius 2 is 1.73 bits per heavy atom. The van der Waals surface area contributed by atoms with E-state index in [2.05, 4.69) is 40.7 Å². The molecule has 0 bridgehead atoms. The fourth-order valence-electron chi connectivity index (χ4n) is 4.36. The van der Waals surface area contributed by atoms with Gasteiger partial charge in [0.2, 0.25) is 0 Å². The Labute approximate surface area is 159 Å². The number of benzene rings is 1. The van der Waals surface area contributed by atoms with Gasteiger partial charge in [0.25, 0.3) is 5.91 Å². The molecule has 0 spiro atoms. The second kappa shape index (κ2) is 9.52. The molecule has 1 amide bonds. The van der Waals surface area contributed by atoms with Gasteiger partial charge in [-0.3, -0.25) is 4.79 Å². The maximum absolute atomic E-state index is 13.0. The number of likely N-dealkylation sites (N-methyl/N-ethyl adjacent to an activating group) is 1. The molecule has 144 valence electrons. The number of likely N-dealkylation sites (tertiary alicyclic amines) is 2. The van der Waals surface area contributed by atoms with Crippen molar-refractivity contribution in [1.29, 1.82) is 0 Å². The Balaban J connectivity index is 1.56. The maximum Gasteiger partial charge on any atom is 0.254 e. The first-order valence-corrected chi connectivity index (χ1v) is 10.6. The van der Waals surface area contributed by atoms with Crippen LogP contribution in [0.15, 0.2) is 24.3 Å². The second-order valence-electron chi connectivity index (χ2n) is 7.78. The van der Waals surface area contributed by atoms with Crippen molar-refractivity contribution in [2.24, 2.45) is 0 Å². The summed E-state index contributed by atoms with van der Waals surface area (Å²) in [7, 11) is 0. The van der Waals surface area contributed by atoms with Crippen LogP contribution in [0.1, 0.15) is 55.5 Å². The predicted molar refractivity (Wildman–Crippen MR) is 108 cm³/mol. The molecule has 4 nitrogen and oxygen atoms in total. The van der Waals surface area contributed by atoms with E-state index in [4.69, 9.17) is 0 Å². The minimum Gasteiger partial charge on any atom is -0.334 e. The molecule has 0 unspecified atom stereocenters. The Hall–Kier alpha value is -1.39. The summed E-state index contributed by atoms with van der Waals surface area (Å²) in [5.41, 5.74) is 2.17. The molecule has 2 fully saturated rings. The zero-order valence-electron chi connectivity index (χ0n) is 16.6. The average molecular weight is 358 g/mol. The molecule has 4 heteroatoms. The third kappa shape index (κ3) is 4.86. The van der Waals surface area contributed by atoms with Gasteiger partial charge in [-0.15, -0.1) is 0 Å². The number of amides is 1. The van der Waals surface area contributed by atoms with E-state index >= 15 is 0 Å². The van der Waals surface area contributed by atoms with E-state index in [1.54, 1.807) is 0 Å². The van der Waals surface area contributed by atoms with Crippen molar-refractivity contribution in [3.8, 4) is 0 Å². The summed E-state index contributed by atoms with van der Waals surface area (Å²) in [5.74, 6) is 0.224. The number of nitrogens with zero attached hydrogens (tertiary/aromatic N) is 3. The summed E-state index contributed by atoms with van der Waals surface area (Å²) < 4.78 is 0. The Kier molecular flexibility index (Phi) is 7.09. The summed E-state index contributed by atoms with van der Waals surface area (Å²) in [6.07, 6.45) is 5.99. The Bertz CT molecular complexity index is 561. The minimum absolute atomic E-state index is 0.224. The molecule has 2 saturated heterocycles. The molecule has 2 aliphatic heterocycles. The molecular weight excluding hydrogens is 322 g/mol. The smallest absolute Gasteiger partial charge is 0.254 e. The Morgan fingerprint density at radius 3 is 2.38 bits per heavy atom. The van der Waals surface area contributed by atoms with Gasteiger partial charge in [-0.2, -0.15) is 0 Å². The average Bonchev–Trinajstić information content (AvgIpc) is 3.35. The molecule has 0 saturated carbocycles. The molecule has 1 aromatic rings. The van der Waals surface area contributed by atoms with Gasteiger partial charge in [-0.25, -0.2) is 0 Å². The zero-order chi connectivity index (χ0) is 18.4. The summed E-state index contributed by atoms with van der Waals surface area (Å²) in [5, 5.41) is 0. The highest BCUT2D eigenvalue weighted by Gasteiger charge is 2.31. The van der Waals surface area contributed by atoms with Crippen molar-refractivity contribution in [3.05, 3.63) is 35.4 Å². The quantitative estimate of drug-likeness (QED) is 0.714. The van der Waals surface area contributed by atoms with Gasteiger partial charge < -0.3 is 14.7 Å². The van der Waals surface area contributed by atoms with Gasteiger partial charge in [0.15, 0.2) is 0 Å². The number of carbonyl (C=O) groups is 1. The van der Waals surface area contributed by atoms with E-state index < -0.39 is 0 Å². The predicted octanol–water partition coefficient (Wildman–Crippen LogP) is 3.27. The molecule has 1 aromatic carbocycles. The molecule has 0 radical (unpaired) electrons. The molecule has 2 heterocycles. The van der Waals surface area contributed by atoms with Crippen LogP contribution in [0, 0.1) is 0 Å². The van der Waals surface area contributed by atoms with Crippen molar-refractivity contribution in [2.45, 2.75) is 52.0 Å². The third-order valence-corrected chi connectivity index (χ3v) is 6.12. The van der Waals surface area contributed by atoms with Gasteiger partial charge in [0.05, 0.1) is 0 Å². The normalized spacial score (nSPS) is 21.0. The van der Waals surface area contributed by atoms with Crippen LogP contribution in [-0.4, -0.2) is 72.5 Å². The lowest BCUT2D eigenvalue weighted by Gasteiger charge is -2.28. The van der Waals surface area contributed by atoms with Crippen LogP contribution in [0.2, 0.25) is 0 Å². The molecule has 0 aliphatic carbocycles. The van der Waals surface area contributed by atoms with Crippen LogP contribution in [0.4, 0.5) is 0 Å². The third-order valence-electron chi connectivity index (χ3n) is 6.12. The van der Waals surface area contributed by atoms with Crippen LogP contribution in [0.5, 0.6) is 0 Å². The standard InChI is InChI=1S/C22H35N3O/c1-3-23(4-2)17-13-19-9-11-20(12-10-19)22(26)25-16-7-8-21(25)18-24-14-5-6-15-24/h9-12,21H,3-8,13-18H2,1-2H3/t21-/m0/s1. The molecule has 1 atom stereocenters. The first-order chi connectivity index (χ1) is 12.7. The highest BCUT2D eigenvalue weighted by Crippen LogP contribution is 2.23. The van der Waals surface area contributed by atoms with Crippen molar-refractivity contribution >= 4 is 5.91 Å². The fraction of sp³-hybridized carbons (Fsp3) is 0.682. The Morgan fingerprint density at radius 1 is 1.04 bits per heavy atom. The molecule has 0 aromatic heterocycles. The largest absolute Gasteiger partial charge is 0.334 e. The van der Waals surface area contributed by atoms with Crippen LogP contribution >= 0.6 is 0 Å².